The van der Waals surface area contributed by atoms with E-state index in [9.17, 15) is 5.11 Å². The minimum absolute atomic E-state index is 0.0341. The number of nitrogens with zero attached hydrogens (tertiary/aromatic N) is 1. The van der Waals surface area contributed by atoms with Crippen LogP contribution < -0.4 is 5.32 Å². The van der Waals surface area contributed by atoms with Gasteiger partial charge in [0, 0.05) is 24.6 Å². The van der Waals surface area contributed by atoms with Gasteiger partial charge in [0.05, 0.1) is 0 Å². The summed E-state index contributed by atoms with van der Waals surface area (Å²) in [5, 5.41) is 12.8. The van der Waals surface area contributed by atoms with Gasteiger partial charge in [0.15, 0.2) is 0 Å². The summed E-state index contributed by atoms with van der Waals surface area (Å²) in [5.74, 6) is 0. The molecule has 0 spiro atoms. The highest BCUT2D eigenvalue weighted by Gasteiger charge is 2.21. The maximum atomic E-state index is 9.27. The van der Waals surface area contributed by atoms with E-state index in [0.29, 0.717) is 6.04 Å². The van der Waals surface area contributed by atoms with E-state index in [0.717, 1.165) is 25.9 Å². The van der Waals surface area contributed by atoms with Crippen LogP contribution in [0.1, 0.15) is 33.6 Å². The van der Waals surface area contributed by atoms with Crippen molar-refractivity contribution in [2.24, 2.45) is 5.41 Å². The number of hydrogen-bond donors (Lipinski definition) is 2. The third kappa shape index (κ3) is 6.88. The zero-order chi connectivity index (χ0) is 11.9. The minimum atomic E-state index is 0.0341. The highest BCUT2D eigenvalue weighted by molar-refractivity contribution is 4.76. The maximum absolute atomic E-state index is 9.27. The second kappa shape index (κ2) is 7.20. The Morgan fingerprint density at radius 2 is 2.00 bits per heavy atom. The molecule has 15 heavy (non-hydrogen) atoms. The molecule has 0 radical (unpaired) electrons. The zero-order valence-corrected chi connectivity index (χ0v) is 11.0. The molecule has 0 bridgehead atoms. The summed E-state index contributed by atoms with van der Waals surface area (Å²) in [7, 11) is 4.19. The van der Waals surface area contributed by atoms with E-state index in [4.69, 9.17) is 0 Å². The zero-order valence-electron chi connectivity index (χ0n) is 11.0. The lowest BCUT2D eigenvalue weighted by molar-refractivity contribution is 0.131. The lowest BCUT2D eigenvalue weighted by Gasteiger charge is -2.28. The van der Waals surface area contributed by atoms with Crippen molar-refractivity contribution in [3.05, 3.63) is 0 Å². The van der Waals surface area contributed by atoms with E-state index in [1.165, 1.54) is 0 Å². The Labute approximate surface area is 94.9 Å². The van der Waals surface area contributed by atoms with Crippen LogP contribution in [-0.2, 0) is 0 Å². The molecular formula is C12H28N2O. The SMILES string of the molecule is CCC(C)(CO)CNC(C)CCN(C)C. The first kappa shape index (κ1) is 14.9. The quantitative estimate of drug-likeness (QED) is 0.642. The van der Waals surface area contributed by atoms with Crippen molar-refractivity contribution >= 4 is 0 Å². The smallest absolute Gasteiger partial charge is 0.0496 e. The van der Waals surface area contributed by atoms with Crippen molar-refractivity contribution in [2.45, 2.75) is 39.7 Å². The van der Waals surface area contributed by atoms with Gasteiger partial charge in [-0.3, -0.25) is 0 Å². The Kier molecular flexibility index (Phi) is 7.14. The van der Waals surface area contributed by atoms with E-state index in [-0.39, 0.29) is 12.0 Å². The molecule has 0 aliphatic heterocycles. The van der Waals surface area contributed by atoms with Gasteiger partial charge in [-0.05, 0) is 40.4 Å². The molecule has 0 rings (SSSR count). The molecule has 2 unspecified atom stereocenters. The summed E-state index contributed by atoms with van der Waals surface area (Å²) in [6.07, 6.45) is 2.16. The Morgan fingerprint density at radius 3 is 2.40 bits per heavy atom. The standard InChI is InChI=1S/C12H28N2O/c1-6-12(3,10-15)9-13-11(2)7-8-14(4)5/h11,13,15H,6-10H2,1-5H3. The Hall–Kier alpha value is -0.120. The fourth-order valence-electron chi connectivity index (χ4n) is 1.27. The molecule has 0 amide bonds. The number of aliphatic hydroxyl groups is 1. The molecule has 2 N–H and O–H groups in total. The second-order valence-electron chi connectivity index (χ2n) is 5.20. The topological polar surface area (TPSA) is 35.5 Å². The number of nitrogens with one attached hydrogen (secondary N) is 1. The van der Waals surface area contributed by atoms with Crippen LogP contribution in [0, 0.1) is 5.41 Å². The van der Waals surface area contributed by atoms with E-state index >= 15 is 0 Å². The molecule has 0 saturated heterocycles. The van der Waals surface area contributed by atoms with Crippen LogP contribution in [0.3, 0.4) is 0 Å². The molecule has 0 heterocycles. The molecule has 0 aromatic heterocycles. The summed E-state index contributed by atoms with van der Waals surface area (Å²) in [6, 6.07) is 0.518. The highest BCUT2D eigenvalue weighted by atomic mass is 16.3. The maximum Gasteiger partial charge on any atom is 0.0496 e. The number of aliphatic hydroxyl groups excluding tert-OH is 1. The Balaban J connectivity index is 3.73. The van der Waals surface area contributed by atoms with Crippen LogP contribution in [0.4, 0.5) is 0 Å². The van der Waals surface area contributed by atoms with Crippen LogP contribution in [0.2, 0.25) is 0 Å². The van der Waals surface area contributed by atoms with Gasteiger partial charge in [-0.25, -0.2) is 0 Å². The number of hydrogen-bond acceptors (Lipinski definition) is 3. The lowest BCUT2D eigenvalue weighted by Crippen LogP contribution is -2.39. The van der Waals surface area contributed by atoms with E-state index in [1.54, 1.807) is 0 Å². The van der Waals surface area contributed by atoms with Gasteiger partial charge in [-0.15, -0.1) is 0 Å². The first-order valence-corrected chi connectivity index (χ1v) is 5.92. The largest absolute Gasteiger partial charge is 0.396 e. The normalized spacial score (nSPS) is 17.8. The molecule has 0 aromatic rings. The molecule has 0 saturated carbocycles. The average molecular weight is 216 g/mol. The van der Waals surface area contributed by atoms with Gasteiger partial charge in [0.25, 0.3) is 0 Å². The van der Waals surface area contributed by atoms with Crippen LogP contribution in [0.15, 0.2) is 0 Å². The molecule has 0 aliphatic rings. The van der Waals surface area contributed by atoms with Gasteiger partial charge in [0.2, 0.25) is 0 Å². The lowest BCUT2D eigenvalue weighted by atomic mass is 9.88. The summed E-state index contributed by atoms with van der Waals surface area (Å²) in [4.78, 5) is 2.20. The predicted molar refractivity (Wildman–Crippen MR) is 66.1 cm³/mol. The Morgan fingerprint density at radius 1 is 1.40 bits per heavy atom. The molecule has 0 aliphatic carbocycles. The third-order valence-corrected chi connectivity index (χ3v) is 3.12. The van der Waals surface area contributed by atoms with Gasteiger partial charge in [-0.2, -0.15) is 0 Å². The molecule has 0 fully saturated rings. The third-order valence-electron chi connectivity index (χ3n) is 3.12. The predicted octanol–water partition coefficient (Wildman–Crippen LogP) is 1.32. The first-order chi connectivity index (χ1) is 6.93. The summed E-state index contributed by atoms with van der Waals surface area (Å²) in [6.45, 7) is 8.72. The van der Waals surface area contributed by atoms with Gasteiger partial charge in [0.1, 0.15) is 0 Å². The van der Waals surface area contributed by atoms with E-state index in [1.807, 2.05) is 0 Å². The average Bonchev–Trinajstić information content (AvgIpc) is 2.23. The molecular weight excluding hydrogens is 188 g/mol. The van der Waals surface area contributed by atoms with Crippen molar-refractivity contribution in [1.82, 2.24) is 10.2 Å². The van der Waals surface area contributed by atoms with Crippen LogP contribution in [0.25, 0.3) is 0 Å². The molecule has 2 atom stereocenters. The monoisotopic (exact) mass is 216 g/mol. The molecule has 0 aromatic carbocycles. The van der Waals surface area contributed by atoms with Gasteiger partial charge in [-0.1, -0.05) is 13.8 Å². The summed E-state index contributed by atoms with van der Waals surface area (Å²) in [5.41, 5.74) is 0.0341. The van der Waals surface area contributed by atoms with E-state index < -0.39 is 0 Å². The van der Waals surface area contributed by atoms with Crippen LogP contribution in [0.5, 0.6) is 0 Å². The second-order valence-corrected chi connectivity index (χ2v) is 5.20. The molecule has 3 heteroatoms. The summed E-state index contributed by atoms with van der Waals surface area (Å²) < 4.78 is 0. The van der Waals surface area contributed by atoms with E-state index in [2.05, 4.69) is 45.1 Å². The van der Waals surface area contributed by atoms with Crippen molar-refractivity contribution in [3.8, 4) is 0 Å². The minimum Gasteiger partial charge on any atom is -0.396 e. The highest BCUT2D eigenvalue weighted by Crippen LogP contribution is 2.18. The Bertz CT molecular complexity index is 156. The first-order valence-electron chi connectivity index (χ1n) is 5.92. The molecule has 92 valence electrons. The van der Waals surface area contributed by atoms with Crippen molar-refractivity contribution in [3.63, 3.8) is 0 Å². The fraction of sp³-hybridized carbons (Fsp3) is 1.00. The van der Waals surface area contributed by atoms with Crippen molar-refractivity contribution < 1.29 is 5.11 Å². The van der Waals surface area contributed by atoms with Gasteiger partial charge >= 0.3 is 0 Å². The van der Waals surface area contributed by atoms with Crippen LogP contribution in [-0.4, -0.2) is 49.8 Å². The van der Waals surface area contributed by atoms with Crippen LogP contribution >= 0.6 is 0 Å². The molecule has 3 nitrogen and oxygen atoms in total. The van der Waals surface area contributed by atoms with Crippen molar-refractivity contribution in [1.29, 1.82) is 0 Å². The number of rotatable bonds is 8. The summed E-state index contributed by atoms with van der Waals surface area (Å²) >= 11 is 0. The van der Waals surface area contributed by atoms with Crippen molar-refractivity contribution in [2.75, 3.05) is 33.8 Å². The fourth-order valence-corrected chi connectivity index (χ4v) is 1.27. The van der Waals surface area contributed by atoms with Gasteiger partial charge < -0.3 is 15.3 Å².